The topological polar surface area (TPSA) is 12.0 Å². The molecule has 2 unspecified atom stereocenters. The molecule has 96 valence electrons. The molecule has 0 aromatic heterocycles. The van der Waals surface area contributed by atoms with Gasteiger partial charge in [-0.1, -0.05) is 43.1 Å². The van der Waals surface area contributed by atoms with Crippen LogP contribution in [0.2, 0.25) is 0 Å². The van der Waals surface area contributed by atoms with Gasteiger partial charge in [-0.15, -0.1) is 0 Å². The van der Waals surface area contributed by atoms with E-state index in [0.29, 0.717) is 5.92 Å². The number of hydrogen-bond donors (Lipinski definition) is 1. The SMILES string of the molecule is CCNC(CC(C)CC)c1cc(F)ccc1Br. The molecule has 0 saturated heterocycles. The summed E-state index contributed by atoms with van der Waals surface area (Å²) in [7, 11) is 0. The van der Waals surface area contributed by atoms with Crippen molar-refractivity contribution >= 4 is 15.9 Å². The highest BCUT2D eigenvalue weighted by molar-refractivity contribution is 9.10. The predicted octanol–water partition coefficient (Wildman–Crippen LogP) is 4.68. The highest BCUT2D eigenvalue weighted by Gasteiger charge is 2.16. The van der Waals surface area contributed by atoms with E-state index in [1.807, 2.05) is 0 Å². The van der Waals surface area contributed by atoms with Crippen molar-refractivity contribution in [2.75, 3.05) is 6.54 Å². The van der Waals surface area contributed by atoms with Gasteiger partial charge in [0.05, 0.1) is 0 Å². The second-order valence-corrected chi connectivity index (χ2v) is 5.38. The van der Waals surface area contributed by atoms with Crippen LogP contribution in [0.25, 0.3) is 0 Å². The number of halogens is 2. The van der Waals surface area contributed by atoms with E-state index in [9.17, 15) is 4.39 Å². The Morgan fingerprint density at radius 3 is 2.65 bits per heavy atom. The number of hydrogen-bond acceptors (Lipinski definition) is 1. The lowest BCUT2D eigenvalue weighted by Crippen LogP contribution is -2.23. The lowest BCUT2D eigenvalue weighted by molar-refractivity contribution is 0.406. The molecule has 0 heterocycles. The van der Waals surface area contributed by atoms with Crippen molar-refractivity contribution in [3.8, 4) is 0 Å². The molecule has 1 aromatic rings. The maximum absolute atomic E-state index is 13.3. The van der Waals surface area contributed by atoms with Crippen LogP contribution in [0.4, 0.5) is 4.39 Å². The Morgan fingerprint density at radius 2 is 2.06 bits per heavy atom. The molecule has 0 aliphatic rings. The van der Waals surface area contributed by atoms with Crippen LogP contribution in [0.5, 0.6) is 0 Å². The summed E-state index contributed by atoms with van der Waals surface area (Å²) in [6.07, 6.45) is 2.18. The summed E-state index contributed by atoms with van der Waals surface area (Å²) in [5, 5.41) is 3.44. The fraction of sp³-hybridized carbons (Fsp3) is 0.571. The van der Waals surface area contributed by atoms with Crippen LogP contribution in [0, 0.1) is 11.7 Å². The average molecular weight is 302 g/mol. The zero-order chi connectivity index (χ0) is 12.8. The summed E-state index contributed by atoms with van der Waals surface area (Å²) in [5.74, 6) is 0.462. The molecule has 0 fully saturated rings. The third kappa shape index (κ3) is 4.40. The Balaban J connectivity index is 2.91. The standard InChI is InChI=1S/C14H21BrFN/c1-4-10(3)8-14(17-5-2)12-9-11(16)6-7-13(12)15/h6-7,9-10,14,17H,4-5,8H2,1-3H3. The third-order valence-electron chi connectivity index (χ3n) is 3.12. The van der Waals surface area contributed by atoms with E-state index < -0.39 is 0 Å². The van der Waals surface area contributed by atoms with Gasteiger partial charge in [0.25, 0.3) is 0 Å². The van der Waals surface area contributed by atoms with E-state index in [4.69, 9.17) is 0 Å². The van der Waals surface area contributed by atoms with Gasteiger partial charge in [-0.05, 0) is 42.6 Å². The average Bonchev–Trinajstić information content (AvgIpc) is 2.31. The Labute approximate surface area is 112 Å². The first kappa shape index (κ1) is 14.7. The van der Waals surface area contributed by atoms with Crippen LogP contribution in [0.15, 0.2) is 22.7 Å². The molecule has 0 amide bonds. The highest BCUT2D eigenvalue weighted by Crippen LogP contribution is 2.29. The van der Waals surface area contributed by atoms with Crippen molar-refractivity contribution in [1.82, 2.24) is 5.32 Å². The summed E-state index contributed by atoms with van der Waals surface area (Å²) in [5.41, 5.74) is 1.02. The number of rotatable bonds is 6. The van der Waals surface area contributed by atoms with Crippen LogP contribution in [-0.4, -0.2) is 6.54 Å². The summed E-state index contributed by atoms with van der Waals surface area (Å²) in [4.78, 5) is 0. The number of benzene rings is 1. The lowest BCUT2D eigenvalue weighted by Gasteiger charge is -2.22. The Morgan fingerprint density at radius 1 is 1.35 bits per heavy atom. The molecule has 3 heteroatoms. The van der Waals surface area contributed by atoms with E-state index in [1.54, 1.807) is 12.1 Å². The molecule has 0 bridgehead atoms. The summed E-state index contributed by atoms with van der Waals surface area (Å²) in [6.45, 7) is 7.40. The molecule has 1 nitrogen and oxygen atoms in total. The van der Waals surface area contributed by atoms with E-state index in [2.05, 4.69) is 42.0 Å². The molecule has 0 spiro atoms. The van der Waals surface area contributed by atoms with Gasteiger partial charge in [-0.2, -0.15) is 0 Å². The molecule has 1 N–H and O–H groups in total. The normalized spacial score (nSPS) is 14.6. The van der Waals surface area contributed by atoms with Gasteiger partial charge in [-0.3, -0.25) is 0 Å². The summed E-state index contributed by atoms with van der Waals surface area (Å²) < 4.78 is 14.3. The van der Waals surface area contributed by atoms with E-state index in [-0.39, 0.29) is 11.9 Å². The van der Waals surface area contributed by atoms with Crippen LogP contribution in [0.1, 0.15) is 45.2 Å². The van der Waals surface area contributed by atoms with Gasteiger partial charge in [-0.25, -0.2) is 4.39 Å². The maximum Gasteiger partial charge on any atom is 0.123 e. The van der Waals surface area contributed by atoms with Crippen LogP contribution >= 0.6 is 15.9 Å². The van der Waals surface area contributed by atoms with Gasteiger partial charge in [0, 0.05) is 10.5 Å². The molecule has 0 radical (unpaired) electrons. The Hall–Kier alpha value is -0.410. The van der Waals surface area contributed by atoms with E-state index in [0.717, 1.165) is 29.4 Å². The van der Waals surface area contributed by atoms with Gasteiger partial charge in [0.15, 0.2) is 0 Å². The van der Waals surface area contributed by atoms with Crippen LogP contribution < -0.4 is 5.32 Å². The Bertz CT molecular complexity index is 354. The van der Waals surface area contributed by atoms with Gasteiger partial charge >= 0.3 is 0 Å². The van der Waals surface area contributed by atoms with Gasteiger partial charge in [0.1, 0.15) is 5.82 Å². The first-order valence-corrected chi connectivity index (χ1v) is 7.06. The van der Waals surface area contributed by atoms with Crippen LogP contribution in [0.3, 0.4) is 0 Å². The zero-order valence-electron chi connectivity index (χ0n) is 10.8. The molecule has 1 rings (SSSR count). The molecule has 17 heavy (non-hydrogen) atoms. The van der Waals surface area contributed by atoms with Crippen LogP contribution in [-0.2, 0) is 0 Å². The Kier molecular flexibility index (Phi) is 6.14. The van der Waals surface area contributed by atoms with Crippen molar-refractivity contribution in [2.24, 2.45) is 5.92 Å². The summed E-state index contributed by atoms with van der Waals surface area (Å²) >= 11 is 3.51. The molecular weight excluding hydrogens is 281 g/mol. The van der Waals surface area contributed by atoms with Crippen molar-refractivity contribution in [2.45, 2.75) is 39.7 Å². The number of nitrogens with one attached hydrogen (secondary N) is 1. The van der Waals surface area contributed by atoms with E-state index >= 15 is 0 Å². The molecule has 0 aliphatic heterocycles. The molecule has 0 aliphatic carbocycles. The first-order valence-electron chi connectivity index (χ1n) is 6.26. The minimum atomic E-state index is -0.171. The largest absolute Gasteiger partial charge is 0.310 e. The molecule has 2 atom stereocenters. The van der Waals surface area contributed by atoms with Gasteiger partial charge < -0.3 is 5.32 Å². The maximum atomic E-state index is 13.3. The fourth-order valence-electron chi connectivity index (χ4n) is 1.92. The fourth-order valence-corrected chi connectivity index (χ4v) is 2.44. The van der Waals surface area contributed by atoms with Gasteiger partial charge in [0.2, 0.25) is 0 Å². The summed E-state index contributed by atoms with van der Waals surface area (Å²) in [6, 6.07) is 5.12. The molecular formula is C14H21BrFN. The van der Waals surface area contributed by atoms with Crippen molar-refractivity contribution < 1.29 is 4.39 Å². The molecule has 0 saturated carbocycles. The quantitative estimate of drug-likeness (QED) is 0.805. The highest BCUT2D eigenvalue weighted by atomic mass is 79.9. The zero-order valence-corrected chi connectivity index (χ0v) is 12.3. The second-order valence-electron chi connectivity index (χ2n) is 4.53. The van der Waals surface area contributed by atoms with Crippen molar-refractivity contribution in [3.05, 3.63) is 34.1 Å². The predicted molar refractivity (Wildman–Crippen MR) is 74.6 cm³/mol. The van der Waals surface area contributed by atoms with Crippen molar-refractivity contribution in [3.63, 3.8) is 0 Å². The monoisotopic (exact) mass is 301 g/mol. The first-order chi connectivity index (χ1) is 8.08. The third-order valence-corrected chi connectivity index (χ3v) is 3.84. The van der Waals surface area contributed by atoms with E-state index in [1.165, 1.54) is 6.07 Å². The lowest BCUT2D eigenvalue weighted by atomic mass is 9.94. The second kappa shape index (κ2) is 7.12. The minimum Gasteiger partial charge on any atom is -0.310 e. The molecule has 1 aromatic carbocycles. The minimum absolute atomic E-state index is 0.171. The smallest absolute Gasteiger partial charge is 0.123 e. The van der Waals surface area contributed by atoms with Crippen molar-refractivity contribution in [1.29, 1.82) is 0 Å².